The summed E-state index contributed by atoms with van der Waals surface area (Å²) in [4.78, 5) is 15.3. The van der Waals surface area contributed by atoms with E-state index in [1.807, 2.05) is 0 Å². The normalized spacial score (nSPS) is 17.2. The van der Waals surface area contributed by atoms with E-state index in [2.05, 4.69) is 22.0 Å². The summed E-state index contributed by atoms with van der Waals surface area (Å²) in [6.45, 7) is 6.90. The number of urea groups is 1. The zero-order valence-electron chi connectivity index (χ0n) is 13.0. The molecule has 1 saturated heterocycles. The van der Waals surface area contributed by atoms with E-state index >= 15 is 0 Å². The van der Waals surface area contributed by atoms with Crippen LogP contribution in [0.5, 0.6) is 0 Å². The van der Waals surface area contributed by atoms with E-state index < -0.39 is 17.8 Å². The average Bonchev–Trinajstić information content (AvgIpc) is 2.46. The molecule has 0 radical (unpaired) electrons. The quantitative estimate of drug-likeness (QED) is 0.891. The topological polar surface area (TPSA) is 61.6 Å². The van der Waals surface area contributed by atoms with Crippen molar-refractivity contribution in [3.05, 3.63) is 29.3 Å². The van der Waals surface area contributed by atoms with Crippen molar-refractivity contribution in [2.45, 2.75) is 19.6 Å². The maximum atomic E-state index is 13.0. The lowest BCUT2D eigenvalue weighted by Gasteiger charge is -2.34. The molecule has 0 aliphatic carbocycles. The molecule has 1 aromatic carbocycles. The smallest absolute Gasteiger partial charge is 0.351 e. The summed E-state index contributed by atoms with van der Waals surface area (Å²) in [7, 11) is 0. The number of rotatable bonds is 4. The number of nitrogens with one attached hydrogen (secondary N) is 1. The number of amides is 2. The van der Waals surface area contributed by atoms with Crippen molar-refractivity contribution in [3.8, 4) is 0 Å². The first-order valence-electron chi connectivity index (χ1n) is 7.50. The van der Waals surface area contributed by atoms with Gasteiger partial charge in [0, 0.05) is 38.4 Å². The fourth-order valence-electron chi connectivity index (χ4n) is 2.68. The maximum Gasteiger partial charge on any atom is 0.416 e. The number of nitrogens with two attached hydrogens (primary N) is 1. The number of hydrogen-bond donors (Lipinski definition) is 2. The van der Waals surface area contributed by atoms with E-state index in [1.54, 1.807) is 0 Å². The van der Waals surface area contributed by atoms with E-state index in [0.717, 1.165) is 44.9 Å². The largest absolute Gasteiger partial charge is 0.416 e. The predicted octanol–water partition coefficient (Wildman–Crippen LogP) is 2.33. The molecule has 1 fully saturated rings. The molecule has 2 rings (SSSR count). The number of halogens is 3. The molecular formula is C15H21F3N4O. The van der Waals surface area contributed by atoms with Gasteiger partial charge >= 0.3 is 12.2 Å². The van der Waals surface area contributed by atoms with Crippen LogP contribution in [0.1, 0.15) is 18.1 Å². The zero-order chi connectivity index (χ0) is 17.0. The Morgan fingerprint density at radius 2 is 1.78 bits per heavy atom. The van der Waals surface area contributed by atoms with Crippen LogP contribution in [0.4, 0.5) is 23.7 Å². The second kappa shape index (κ2) is 7.18. The van der Waals surface area contributed by atoms with Gasteiger partial charge in [-0.1, -0.05) is 6.92 Å². The highest BCUT2D eigenvalue weighted by atomic mass is 19.4. The number of piperazine rings is 1. The third-order valence-electron chi connectivity index (χ3n) is 3.91. The van der Waals surface area contributed by atoms with Gasteiger partial charge in [0.1, 0.15) is 0 Å². The van der Waals surface area contributed by atoms with Gasteiger partial charge < -0.3 is 16.0 Å². The average molecular weight is 330 g/mol. The van der Waals surface area contributed by atoms with E-state index in [0.29, 0.717) is 12.1 Å². The van der Waals surface area contributed by atoms with Crippen molar-refractivity contribution >= 4 is 11.7 Å². The highest BCUT2D eigenvalue weighted by molar-refractivity contribution is 5.88. The van der Waals surface area contributed by atoms with Gasteiger partial charge in [-0.15, -0.1) is 0 Å². The van der Waals surface area contributed by atoms with Gasteiger partial charge in [0.15, 0.2) is 0 Å². The van der Waals surface area contributed by atoms with Crippen molar-refractivity contribution in [2.75, 3.05) is 38.0 Å². The molecule has 0 spiro atoms. The first-order valence-corrected chi connectivity index (χ1v) is 7.50. The van der Waals surface area contributed by atoms with E-state index in [1.165, 1.54) is 6.07 Å². The Kier molecular flexibility index (Phi) is 5.48. The molecule has 2 amide bonds. The van der Waals surface area contributed by atoms with Gasteiger partial charge in [-0.05, 0) is 30.3 Å². The molecule has 5 nitrogen and oxygen atoms in total. The summed E-state index contributed by atoms with van der Waals surface area (Å²) < 4.78 is 39.0. The number of carbonyl (C=O) groups excluding carboxylic acids is 1. The van der Waals surface area contributed by atoms with Crippen molar-refractivity contribution in [3.63, 3.8) is 0 Å². The maximum absolute atomic E-state index is 13.0. The minimum absolute atomic E-state index is 0.0644. The molecule has 0 unspecified atom stereocenters. The van der Waals surface area contributed by atoms with Gasteiger partial charge in [-0.3, -0.25) is 4.90 Å². The van der Waals surface area contributed by atoms with Crippen LogP contribution in [0.3, 0.4) is 0 Å². The first kappa shape index (κ1) is 17.6. The van der Waals surface area contributed by atoms with Gasteiger partial charge in [0.05, 0.1) is 5.56 Å². The number of hydrogen-bond acceptors (Lipinski definition) is 3. The second-order valence-corrected chi connectivity index (χ2v) is 5.62. The van der Waals surface area contributed by atoms with E-state index in [4.69, 9.17) is 5.73 Å². The van der Waals surface area contributed by atoms with Crippen LogP contribution in [0.25, 0.3) is 0 Å². The fourth-order valence-corrected chi connectivity index (χ4v) is 2.68. The van der Waals surface area contributed by atoms with Crippen molar-refractivity contribution < 1.29 is 18.0 Å². The summed E-state index contributed by atoms with van der Waals surface area (Å²) in [5, 5.41) is 2.22. The Morgan fingerprint density at radius 3 is 2.30 bits per heavy atom. The summed E-state index contributed by atoms with van der Waals surface area (Å²) in [5.74, 6) is 0. The SMILES string of the molecule is CCN1CCN(Cc2cc(NC(N)=O)cc(C(F)(F)F)c2)CC1. The standard InChI is InChI=1S/C15H21F3N4O/c1-2-21-3-5-22(6-4-21)10-11-7-12(15(16,17)18)9-13(8-11)20-14(19)23/h7-9H,2-6,10H2,1H3,(H3,19,20,23). The Balaban J connectivity index is 2.15. The van der Waals surface area contributed by atoms with Crippen LogP contribution < -0.4 is 11.1 Å². The first-order chi connectivity index (χ1) is 10.8. The molecule has 1 heterocycles. The summed E-state index contributed by atoms with van der Waals surface area (Å²) in [6, 6.07) is 2.67. The molecule has 0 bridgehead atoms. The number of likely N-dealkylation sites (N-methyl/N-ethyl adjacent to an activating group) is 1. The van der Waals surface area contributed by atoms with Gasteiger partial charge in [0.25, 0.3) is 0 Å². The van der Waals surface area contributed by atoms with Crippen LogP contribution in [-0.2, 0) is 12.7 Å². The lowest BCUT2D eigenvalue weighted by Crippen LogP contribution is -2.45. The third kappa shape index (κ3) is 5.11. The Hall–Kier alpha value is -1.80. The highest BCUT2D eigenvalue weighted by Crippen LogP contribution is 2.32. The molecule has 0 saturated carbocycles. The highest BCUT2D eigenvalue weighted by Gasteiger charge is 2.31. The summed E-state index contributed by atoms with van der Waals surface area (Å²) in [6.07, 6.45) is -4.47. The lowest BCUT2D eigenvalue weighted by molar-refractivity contribution is -0.137. The van der Waals surface area contributed by atoms with Crippen molar-refractivity contribution in [2.24, 2.45) is 5.73 Å². The molecule has 0 atom stereocenters. The summed E-state index contributed by atoms with van der Waals surface area (Å²) in [5.41, 5.74) is 4.79. The Labute approximate surface area is 133 Å². The molecule has 0 aromatic heterocycles. The molecule has 3 N–H and O–H groups in total. The molecule has 8 heteroatoms. The number of anilines is 1. The predicted molar refractivity (Wildman–Crippen MR) is 82.0 cm³/mol. The molecule has 23 heavy (non-hydrogen) atoms. The molecule has 1 aliphatic heterocycles. The monoisotopic (exact) mass is 330 g/mol. The minimum atomic E-state index is -4.47. The van der Waals surface area contributed by atoms with Gasteiger partial charge in [0.2, 0.25) is 0 Å². The number of carbonyl (C=O) groups is 1. The van der Waals surface area contributed by atoms with Crippen molar-refractivity contribution in [1.82, 2.24) is 9.80 Å². The van der Waals surface area contributed by atoms with Crippen LogP contribution in [0.2, 0.25) is 0 Å². The number of primary amides is 1. The Bertz CT molecular complexity index is 554. The van der Waals surface area contributed by atoms with E-state index in [9.17, 15) is 18.0 Å². The van der Waals surface area contributed by atoms with Crippen molar-refractivity contribution in [1.29, 1.82) is 0 Å². The van der Waals surface area contributed by atoms with Crippen LogP contribution in [-0.4, -0.2) is 48.6 Å². The third-order valence-corrected chi connectivity index (χ3v) is 3.91. The lowest BCUT2D eigenvalue weighted by atomic mass is 10.1. The minimum Gasteiger partial charge on any atom is -0.351 e. The molecule has 1 aromatic rings. The second-order valence-electron chi connectivity index (χ2n) is 5.62. The molecular weight excluding hydrogens is 309 g/mol. The van der Waals surface area contributed by atoms with Crippen LogP contribution in [0, 0.1) is 0 Å². The number of alkyl halides is 3. The van der Waals surface area contributed by atoms with E-state index in [-0.39, 0.29) is 5.69 Å². The number of nitrogens with zero attached hydrogens (tertiary/aromatic N) is 2. The zero-order valence-corrected chi connectivity index (χ0v) is 13.0. The van der Waals surface area contributed by atoms with Gasteiger partial charge in [-0.25, -0.2) is 4.79 Å². The Morgan fingerprint density at radius 1 is 1.17 bits per heavy atom. The molecule has 1 aliphatic rings. The fraction of sp³-hybridized carbons (Fsp3) is 0.533. The summed E-state index contributed by atoms with van der Waals surface area (Å²) >= 11 is 0. The molecule has 128 valence electrons. The van der Waals surface area contributed by atoms with Gasteiger partial charge in [-0.2, -0.15) is 13.2 Å². The van der Waals surface area contributed by atoms with Crippen LogP contribution >= 0.6 is 0 Å². The number of benzene rings is 1. The van der Waals surface area contributed by atoms with Crippen LogP contribution in [0.15, 0.2) is 18.2 Å².